The van der Waals surface area contributed by atoms with Crippen molar-refractivity contribution in [2.45, 2.75) is 6.42 Å². The number of ether oxygens (including phenoxy) is 2. The molecule has 0 atom stereocenters. The van der Waals surface area contributed by atoms with Gasteiger partial charge in [0.1, 0.15) is 16.7 Å². The minimum absolute atomic E-state index is 0.0303. The number of carboxylic acids is 1. The maximum absolute atomic E-state index is 13.4. The molecule has 0 aliphatic carbocycles. The number of benzene rings is 3. The Bertz CT molecular complexity index is 1660. The van der Waals surface area contributed by atoms with Crippen LogP contribution in [0.5, 0.6) is 5.75 Å². The second kappa shape index (κ2) is 15.2. The summed E-state index contributed by atoms with van der Waals surface area (Å²) in [5, 5.41) is 12.9. The topological polar surface area (TPSA) is 108 Å². The van der Waals surface area contributed by atoms with Crippen molar-refractivity contribution >= 4 is 81.0 Å². The van der Waals surface area contributed by atoms with Gasteiger partial charge in [-0.05, 0) is 54.1 Å². The summed E-state index contributed by atoms with van der Waals surface area (Å²) >= 11 is 19.3. The molecule has 0 aromatic heterocycles. The van der Waals surface area contributed by atoms with Crippen molar-refractivity contribution in [1.82, 2.24) is 9.80 Å². The molecule has 3 aromatic carbocycles. The van der Waals surface area contributed by atoms with Crippen molar-refractivity contribution in [3.8, 4) is 16.9 Å². The van der Waals surface area contributed by atoms with Crippen LogP contribution in [0.4, 0.5) is 5.69 Å². The molecule has 5 rings (SSSR count). The molecular weight excluding hydrogens is 657 g/mol. The number of rotatable bonds is 11. The highest BCUT2D eigenvalue weighted by Crippen LogP contribution is 2.37. The molecule has 2 saturated heterocycles. The van der Waals surface area contributed by atoms with Gasteiger partial charge in [-0.25, -0.2) is 4.79 Å². The third-order valence-corrected chi connectivity index (χ3v) is 9.06. The zero-order valence-electron chi connectivity index (χ0n) is 24.0. The molecule has 0 saturated carbocycles. The summed E-state index contributed by atoms with van der Waals surface area (Å²) in [4.78, 5) is 41.3. The van der Waals surface area contributed by atoms with Crippen LogP contribution in [-0.4, -0.2) is 83.0 Å². The number of halogens is 2. The molecule has 2 heterocycles. The number of morpholine rings is 1. The third-order valence-electron chi connectivity index (χ3n) is 7.14. The van der Waals surface area contributed by atoms with Crippen molar-refractivity contribution in [2.75, 3.05) is 51.3 Å². The highest BCUT2D eigenvalue weighted by atomic mass is 35.5. The lowest BCUT2D eigenvalue weighted by Gasteiger charge is -2.26. The molecule has 2 N–H and O–H groups in total. The summed E-state index contributed by atoms with van der Waals surface area (Å²) in [6.45, 7) is 4.34. The quantitative estimate of drug-likeness (QED) is 0.178. The van der Waals surface area contributed by atoms with Gasteiger partial charge in [-0.2, -0.15) is 0 Å². The summed E-state index contributed by atoms with van der Waals surface area (Å²) in [7, 11) is 0. The first-order chi connectivity index (χ1) is 21.7. The Morgan fingerprint density at radius 1 is 1.07 bits per heavy atom. The summed E-state index contributed by atoms with van der Waals surface area (Å²) in [5.41, 5.74) is 2.69. The largest absolute Gasteiger partial charge is 0.492 e. The standard InChI is InChI=1S/C32H29Cl2N3O6S2/c33-23-5-6-25(26(34)19-23)20-4-7-27(43-15-12-36-10-13-42-14-11-36)22(16-20)18-28-30(39)37(32(44)45-28)9-8-29(38)35-24-3-1-2-21(17-24)31(40)41/h1-7,16-19H,8-15H2,(H,35,38)(H,40,41). The van der Waals surface area contributed by atoms with Crippen LogP contribution in [0.2, 0.25) is 10.0 Å². The molecule has 2 aliphatic rings. The summed E-state index contributed by atoms with van der Waals surface area (Å²) in [6.07, 6.45) is 1.71. The van der Waals surface area contributed by atoms with Crippen molar-refractivity contribution in [1.29, 1.82) is 0 Å². The number of hydrogen-bond acceptors (Lipinski definition) is 8. The highest BCUT2D eigenvalue weighted by Gasteiger charge is 2.32. The number of amides is 2. The van der Waals surface area contributed by atoms with E-state index >= 15 is 0 Å². The molecule has 45 heavy (non-hydrogen) atoms. The van der Waals surface area contributed by atoms with Gasteiger partial charge in [-0.1, -0.05) is 65.4 Å². The molecule has 0 spiro atoms. The number of hydrogen-bond donors (Lipinski definition) is 2. The normalized spacial score (nSPS) is 16.3. The van der Waals surface area contributed by atoms with Gasteiger partial charge in [0.25, 0.3) is 5.91 Å². The fourth-order valence-electron chi connectivity index (χ4n) is 4.79. The van der Waals surface area contributed by atoms with Crippen LogP contribution in [0.25, 0.3) is 17.2 Å². The molecular formula is C32H29Cl2N3O6S2. The van der Waals surface area contributed by atoms with E-state index in [2.05, 4.69) is 10.2 Å². The minimum Gasteiger partial charge on any atom is -0.492 e. The average molecular weight is 687 g/mol. The summed E-state index contributed by atoms with van der Waals surface area (Å²) < 4.78 is 12.0. The van der Waals surface area contributed by atoms with E-state index in [1.807, 2.05) is 24.3 Å². The number of carbonyl (C=O) groups excluding carboxylic acids is 2. The SMILES string of the molecule is O=C(CCN1C(=O)C(=Cc2cc(-c3ccc(Cl)cc3Cl)ccc2OCCN2CCOCC2)SC1=S)Nc1cccc(C(=O)O)c1. The maximum Gasteiger partial charge on any atom is 0.335 e. The number of anilines is 1. The number of thioether (sulfide) groups is 1. The Morgan fingerprint density at radius 2 is 1.87 bits per heavy atom. The van der Waals surface area contributed by atoms with Gasteiger partial charge < -0.3 is 19.9 Å². The molecule has 234 valence electrons. The molecule has 3 aromatic rings. The van der Waals surface area contributed by atoms with E-state index in [1.165, 1.54) is 17.0 Å². The number of nitrogens with zero attached hydrogens (tertiary/aromatic N) is 2. The van der Waals surface area contributed by atoms with E-state index in [0.29, 0.717) is 56.1 Å². The van der Waals surface area contributed by atoms with Gasteiger partial charge in [0, 0.05) is 59.5 Å². The fourth-order valence-corrected chi connectivity index (χ4v) is 6.61. The molecule has 0 unspecified atom stereocenters. The van der Waals surface area contributed by atoms with E-state index in [-0.39, 0.29) is 30.3 Å². The number of thiocarbonyl (C=S) groups is 1. The Hall–Kier alpha value is -3.45. The van der Waals surface area contributed by atoms with E-state index in [4.69, 9.17) is 44.9 Å². The van der Waals surface area contributed by atoms with Crippen LogP contribution in [0.3, 0.4) is 0 Å². The molecule has 13 heteroatoms. The zero-order valence-corrected chi connectivity index (χ0v) is 27.1. The van der Waals surface area contributed by atoms with Crippen LogP contribution in [0.15, 0.2) is 65.6 Å². The fraction of sp³-hybridized carbons (Fsp3) is 0.250. The smallest absolute Gasteiger partial charge is 0.335 e. The monoisotopic (exact) mass is 685 g/mol. The molecule has 9 nitrogen and oxygen atoms in total. The van der Waals surface area contributed by atoms with Crippen molar-refractivity contribution in [3.63, 3.8) is 0 Å². The van der Waals surface area contributed by atoms with E-state index in [9.17, 15) is 19.5 Å². The van der Waals surface area contributed by atoms with Crippen molar-refractivity contribution in [2.24, 2.45) is 0 Å². The van der Waals surface area contributed by atoms with Crippen molar-refractivity contribution < 1.29 is 29.0 Å². The summed E-state index contributed by atoms with van der Waals surface area (Å²) in [5.74, 6) is -1.19. The second-order valence-corrected chi connectivity index (χ2v) is 12.7. The Kier molecular flexibility index (Phi) is 11.1. The molecule has 0 radical (unpaired) electrons. The maximum atomic E-state index is 13.4. The van der Waals surface area contributed by atoms with Gasteiger partial charge in [0.15, 0.2) is 0 Å². The highest BCUT2D eigenvalue weighted by molar-refractivity contribution is 8.26. The Balaban J connectivity index is 1.31. The van der Waals surface area contributed by atoms with Gasteiger partial charge in [0.2, 0.25) is 5.91 Å². The van der Waals surface area contributed by atoms with E-state index in [1.54, 1.807) is 30.3 Å². The van der Waals surface area contributed by atoms with Crippen molar-refractivity contribution in [3.05, 3.63) is 86.7 Å². The first-order valence-corrected chi connectivity index (χ1v) is 16.1. The van der Waals surface area contributed by atoms with Crippen LogP contribution in [0.1, 0.15) is 22.3 Å². The Morgan fingerprint density at radius 3 is 2.62 bits per heavy atom. The number of carbonyl (C=O) groups is 3. The molecule has 0 bridgehead atoms. The number of nitrogens with one attached hydrogen (secondary N) is 1. The van der Waals surface area contributed by atoms with Crippen LogP contribution in [-0.2, 0) is 14.3 Å². The van der Waals surface area contributed by atoms with Crippen LogP contribution in [0, 0.1) is 0 Å². The molecule has 2 fully saturated rings. The lowest BCUT2D eigenvalue weighted by Crippen LogP contribution is -2.38. The number of aromatic carboxylic acids is 1. The molecule has 2 amide bonds. The van der Waals surface area contributed by atoms with Gasteiger partial charge in [-0.15, -0.1) is 0 Å². The van der Waals surface area contributed by atoms with Gasteiger partial charge >= 0.3 is 5.97 Å². The van der Waals surface area contributed by atoms with Crippen LogP contribution < -0.4 is 10.1 Å². The zero-order chi connectivity index (χ0) is 31.9. The summed E-state index contributed by atoms with van der Waals surface area (Å²) in [6, 6.07) is 16.9. The first-order valence-electron chi connectivity index (χ1n) is 14.1. The predicted octanol–water partition coefficient (Wildman–Crippen LogP) is 6.30. The first kappa shape index (κ1) is 32.9. The minimum atomic E-state index is -1.09. The van der Waals surface area contributed by atoms with E-state index in [0.717, 1.165) is 42.5 Å². The lowest BCUT2D eigenvalue weighted by molar-refractivity contribution is -0.122. The van der Waals surface area contributed by atoms with E-state index < -0.39 is 5.97 Å². The third kappa shape index (κ3) is 8.63. The van der Waals surface area contributed by atoms with Gasteiger partial charge in [-0.3, -0.25) is 19.4 Å². The lowest BCUT2D eigenvalue weighted by atomic mass is 10.0. The van der Waals surface area contributed by atoms with Crippen LogP contribution >= 0.6 is 47.2 Å². The molecule has 2 aliphatic heterocycles. The Labute approximate surface area is 280 Å². The number of carboxylic acid groups (broad SMARTS) is 1. The average Bonchev–Trinajstić information content (AvgIpc) is 3.28. The van der Waals surface area contributed by atoms with Gasteiger partial charge in [0.05, 0.1) is 23.7 Å². The second-order valence-electron chi connectivity index (χ2n) is 10.2. The predicted molar refractivity (Wildman–Crippen MR) is 181 cm³/mol.